The lowest BCUT2D eigenvalue weighted by molar-refractivity contribution is -0.161. The fourth-order valence-electron chi connectivity index (χ4n) is 7.16. The molecule has 0 amide bonds. The third-order valence-corrected chi connectivity index (χ3v) is 12.5. The Hall–Kier alpha value is -5.15. The van der Waals surface area contributed by atoms with Gasteiger partial charge in [-0.3, -0.25) is 18.6 Å². The van der Waals surface area contributed by atoms with Crippen LogP contribution in [-0.2, 0) is 32.7 Å². The molecule has 0 radical (unpaired) electrons. The van der Waals surface area contributed by atoms with Crippen LogP contribution in [-0.4, -0.2) is 49.3 Å². The maximum atomic E-state index is 12.7. The van der Waals surface area contributed by atoms with Crippen LogP contribution in [0.1, 0.15) is 194 Å². The number of esters is 2. The van der Waals surface area contributed by atoms with Crippen LogP contribution in [0.3, 0.4) is 0 Å². The third-order valence-electron chi connectivity index (χ3n) is 11.5. The summed E-state index contributed by atoms with van der Waals surface area (Å²) in [6, 6.07) is 0. The molecule has 3 N–H and O–H groups in total. The summed E-state index contributed by atoms with van der Waals surface area (Å²) in [5.74, 6) is -0.953. The van der Waals surface area contributed by atoms with E-state index in [9.17, 15) is 19.0 Å². The Kier molecular flexibility index (Phi) is 58.0. The Morgan fingerprint density at radius 2 is 0.684 bits per heavy atom. The number of phosphoric ester groups is 1. The van der Waals surface area contributed by atoms with E-state index in [1.807, 2.05) is 12.2 Å². The highest BCUT2D eigenvalue weighted by molar-refractivity contribution is 7.47. The number of nitrogens with two attached hydrogens (primary N) is 1. The van der Waals surface area contributed by atoms with Gasteiger partial charge < -0.3 is 20.1 Å². The summed E-state index contributed by atoms with van der Waals surface area (Å²) < 4.78 is 32.9. The fraction of sp³-hybridized carbons (Fsp3) is 0.507. The Morgan fingerprint density at radius 1 is 0.380 bits per heavy atom. The predicted molar refractivity (Wildman–Crippen MR) is 338 cm³/mol. The van der Waals surface area contributed by atoms with Gasteiger partial charge in [-0.05, 0) is 128 Å². The van der Waals surface area contributed by atoms with Crippen LogP contribution in [0.2, 0.25) is 0 Å². The fourth-order valence-corrected chi connectivity index (χ4v) is 7.92. The minimum atomic E-state index is -4.42. The number of phosphoric acid groups is 1. The second kappa shape index (κ2) is 62.1. The Balaban J connectivity index is 4.10. The first-order valence-electron chi connectivity index (χ1n) is 29.9. The van der Waals surface area contributed by atoms with Crippen molar-refractivity contribution >= 4 is 19.8 Å². The molecule has 9 nitrogen and oxygen atoms in total. The predicted octanol–water partition coefficient (Wildman–Crippen LogP) is 19.4. The minimum Gasteiger partial charge on any atom is -0.462 e. The summed E-state index contributed by atoms with van der Waals surface area (Å²) in [6.45, 7) is 3.38. The monoisotopic (exact) mass is 1110 g/mol. The first kappa shape index (κ1) is 73.8. The SMILES string of the molecule is CC/C=C\C/C=C\C/C=C\C/C=C\C/C=C\C/C=C\C/C=C\C/C=C\C/C=C\C/C=C\CCCCCCCCCCC(=O)OC(COC(=O)CC/C=C\C/C=C\C/C=C\C/C=C\C/C=C\C/C=C\CC)COP(=O)(O)OCCN. The van der Waals surface area contributed by atoms with Crippen LogP contribution >= 0.6 is 7.82 Å². The standard InChI is InChI=1S/C69H106NO8P/c1-3-5-7-9-11-13-15-17-19-21-23-24-25-26-27-28-29-30-31-32-33-34-35-36-37-38-39-40-41-42-44-46-48-50-52-54-56-58-60-62-69(72)78-67(66-77-79(73,74)76-64-63-70)65-75-68(71)61-59-57-55-53-51-49-47-45-43-22-20-18-16-14-12-10-8-6-4-2/h5-8,11-14,17-20,23-24,26-27,29-30,32-33,35-36,38-39,41-43,45,49,51,55,57,67H,3-4,9-10,15-16,21-22,25,28,31,34,37,40,44,46-48,50,52-54,56,58-66,70H2,1-2H3,(H,73,74)/b7-5-,8-6-,13-11-,14-12-,19-17-,20-18-,24-23-,27-26-,30-29-,33-32-,36-35-,39-38-,42-41-,45-43-,51-49-,57-55-. The summed E-state index contributed by atoms with van der Waals surface area (Å²) in [4.78, 5) is 35.1. The van der Waals surface area contributed by atoms with Crippen LogP contribution in [0.25, 0.3) is 0 Å². The first-order chi connectivity index (χ1) is 38.8. The van der Waals surface area contributed by atoms with Crippen molar-refractivity contribution in [1.82, 2.24) is 0 Å². The molecule has 0 spiro atoms. The number of rotatable bonds is 53. The van der Waals surface area contributed by atoms with Crippen LogP contribution in [0, 0.1) is 0 Å². The maximum Gasteiger partial charge on any atom is 0.472 e. The molecule has 2 atom stereocenters. The second-order valence-electron chi connectivity index (χ2n) is 18.7. The van der Waals surface area contributed by atoms with E-state index in [0.29, 0.717) is 12.8 Å². The molecule has 10 heteroatoms. The molecule has 0 aliphatic heterocycles. The Bertz CT molecular complexity index is 1990. The lowest BCUT2D eigenvalue weighted by Crippen LogP contribution is -2.29. The molecule has 2 unspecified atom stereocenters. The van der Waals surface area contributed by atoms with Gasteiger partial charge >= 0.3 is 19.8 Å². The van der Waals surface area contributed by atoms with Gasteiger partial charge in [-0.25, -0.2) is 4.57 Å². The van der Waals surface area contributed by atoms with Gasteiger partial charge in [0.1, 0.15) is 6.61 Å². The Labute approximate surface area is 481 Å². The van der Waals surface area contributed by atoms with Crippen molar-refractivity contribution in [2.45, 2.75) is 200 Å². The van der Waals surface area contributed by atoms with E-state index in [0.717, 1.165) is 128 Å². The third kappa shape index (κ3) is 61.9. The molecule has 0 fully saturated rings. The van der Waals surface area contributed by atoms with E-state index in [1.165, 1.54) is 25.7 Å². The summed E-state index contributed by atoms with van der Waals surface area (Å²) in [7, 11) is -4.42. The highest BCUT2D eigenvalue weighted by Crippen LogP contribution is 2.43. The number of ether oxygens (including phenoxy) is 2. The molecule has 0 aliphatic rings. The first-order valence-corrected chi connectivity index (χ1v) is 31.4. The topological polar surface area (TPSA) is 134 Å². The van der Waals surface area contributed by atoms with Crippen LogP contribution < -0.4 is 5.73 Å². The summed E-state index contributed by atoms with van der Waals surface area (Å²) in [5.41, 5.74) is 5.37. The van der Waals surface area contributed by atoms with Crippen LogP contribution in [0.15, 0.2) is 194 Å². The van der Waals surface area contributed by atoms with Crippen molar-refractivity contribution in [2.24, 2.45) is 5.73 Å². The molecule has 0 saturated carbocycles. The van der Waals surface area contributed by atoms with E-state index >= 15 is 0 Å². The van der Waals surface area contributed by atoms with Gasteiger partial charge in [0.15, 0.2) is 6.10 Å². The van der Waals surface area contributed by atoms with Gasteiger partial charge in [-0.1, -0.05) is 247 Å². The van der Waals surface area contributed by atoms with Crippen LogP contribution in [0.5, 0.6) is 0 Å². The second-order valence-corrected chi connectivity index (χ2v) is 20.2. The van der Waals surface area contributed by atoms with E-state index in [4.69, 9.17) is 24.3 Å². The van der Waals surface area contributed by atoms with E-state index in [-0.39, 0.29) is 32.6 Å². The van der Waals surface area contributed by atoms with Gasteiger partial charge in [0.05, 0.1) is 13.2 Å². The van der Waals surface area contributed by atoms with Gasteiger partial charge in [-0.15, -0.1) is 0 Å². The van der Waals surface area contributed by atoms with Crippen LogP contribution in [0.4, 0.5) is 0 Å². The zero-order valence-electron chi connectivity index (χ0n) is 49.0. The molecular formula is C69H106NO8P. The molecule has 0 aromatic rings. The number of carbonyl (C=O) groups is 2. The van der Waals surface area contributed by atoms with Crippen molar-refractivity contribution in [3.63, 3.8) is 0 Å². The van der Waals surface area contributed by atoms with E-state index < -0.39 is 32.5 Å². The maximum absolute atomic E-state index is 12.7. The summed E-state index contributed by atoms with van der Waals surface area (Å²) in [6.07, 6.45) is 95.1. The lowest BCUT2D eigenvalue weighted by atomic mass is 10.1. The average molecular weight is 1110 g/mol. The average Bonchev–Trinajstić information content (AvgIpc) is 3.44. The number of hydrogen-bond acceptors (Lipinski definition) is 8. The zero-order valence-corrected chi connectivity index (χ0v) is 49.9. The zero-order chi connectivity index (χ0) is 57.3. The molecule has 0 aliphatic carbocycles. The molecule has 0 bridgehead atoms. The molecule has 0 rings (SSSR count). The van der Waals surface area contributed by atoms with Gasteiger partial charge in [-0.2, -0.15) is 0 Å². The van der Waals surface area contributed by atoms with E-state index in [2.05, 4.69) is 196 Å². The van der Waals surface area contributed by atoms with E-state index in [1.54, 1.807) is 0 Å². The Morgan fingerprint density at radius 3 is 1.03 bits per heavy atom. The van der Waals surface area contributed by atoms with Crippen molar-refractivity contribution in [3.05, 3.63) is 194 Å². The van der Waals surface area contributed by atoms with Gasteiger partial charge in [0.2, 0.25) is 0 Å². The van der Waals surface area contributed by atoms with Crippen molar-refractivity contribution < 1.29 is 37.6 Å². The quantitative estimate of drug-likeness (QED) is 0.0264. The van der Waals surface area contributed by atoms with Gasteiger partial charge in [0, 0.05) is 19.4 Å². The molecule has 0 heterocycles. The van der Waals surface area contributed by atoms with Crippen molar-refractivity contribution in [3.8, 4) is 0 Å². The van der Waals surface area contributed by atoms with Crippen molar-refractivity contribution in [2.75, 3.05) is 26.4 Å². The number of allylic oxidation sites excluding steroid dienone is 32. The molecular weight excluding hydrogens is 1000 g/mol. The highest BCUT2D eigenvalue weighted by Gasteiger charge is 2.26. The lowest BCUT2D eigenvalue weighted by Gasteiger charge is -2.19. The normalized spacial score (nSPS) is 14.4. The summed E-state index contributed by atoms with van der Waals surface area (Å²) >= 11 is 0. The highest BCUT2D eigenvalue weighted by atomic mass is 31.2. The summed E-state index contributed by atoms with van der Waals surface area (Å²) in [5, 5.41) is 0. The van der Waals surface area contributed by atoms with Gasteiger partial charge in [0.25, 0.3) is 0 Å². The molecule has 0 aromatic heterocycles. The molecule has 79 heavy (non-hydrogen) atoms. The minimum absolute atomic E-state index is 0.0314. The number of hydrogen-bond donors (Lipinski definition) is 2. The molecule has 0 aromatic carbocycles. The number of unbranched alkanes of at least 4 members (excludes halogenated alkanes) is 8. The molecule has 0 saturated heterocycles. The molecule has 440 valence electrons. The number of carbonyl (C=O) groups excluding carboxylic acids is 2. The van der Waals surface area contributed by atoms with Crippen molar-refractivity contribution in [1.29, 1.82) is 0 Å². The largest absolute Gasteiger partial charge is 0.472 e. The smallest absolute Gasteiger partial charge is 0.462 e.